The summed E-state index contributed by atoms with van der Waals surface area (Å²) in [5.41, 5.74) is 3.39. The van der Waals surface area contributed by atoms with Crippen LogP contribution in [-0.4, -0.2) is 30.6 Å². The van der Waals surface area contributed by atoms with Gasteiger partial charge in [0.2, 0.25) is 0 Å². The maximum atomic E-state index is 13.0. The lowest BCUT2D eigenvalue weighted by Crippen LogP contribution is -2.26. The molecule has 2 aromatic heterocycles. The van der Waals surface area contributed by atoms with E-state index in [1.807, 2.05) is 49.6 Å². The van der Waals surface area contributed by atoms with E-state index in [1.54, 1.807) is 15.8 Å². The minimum Gasteiger partial charge on any atom is -0.328 e. The van der Waals surface area contributed by atoms with E-state index in [9.17, 15) is 4.79 Å². The SMILES string of the molecule is CCc1ncc2c(n1)CN(C(=O)c1ccccc1-n1cccn1)C2. The topological polar surface area (TPSA) is 63.9 Å². The van der Waals surface area contributed by atoms with Gasteiger partial charge in [0.15, 0.2) is 0 Å². The van der Waals surface area contributed by atoms with Crippen LogP contribution in [0.2, 0.25) is 0 Å². The monoisotopic (exact) mass is 319 g/mol. The van der Waals surface area contributed by atoms with Gasteiger partial charge in [-0.25, -0.2) is 14.6 Å². The van der Waals surface area contributed by atoms with Crippen molar-refractivity contribution in [1.82, 2.24) is 24.6 Å². The van der Waals surface area contributed by atoms with Gasteiger partial charge in [-0.2, -0.15) is 5.10 Å². The average Bonchev–Trinajstić information content (AvgIpc) is 3.29. The summed E-state index contributed by atoms with van der Waals surface area (Å²) < 4.78 is 1.71. The highest BCUT2D eigenvalue weighted by Gasteiger charge is 2.27. The molecule has 3 heterocycles. The molecule has 1 aliphatic heterocycles. The summed E-state index contributed by atoms with van der Waals surface area (Å²) in [6.07, 6.45) is 6.18. The Hall–Kier alpha value is -3.02. The van der Waals surface area contributed by atoms with Gasteiger partial charge in [0, 0.05) is 37.1 Å². The number of para-hydroxylation sites is 1. The first-order valence-electron chi connectivity index (χ1n) is 7.98. The maximum absolute atomic E-state index is 13.0. The van der Waals surface area contributed by atoms with E-state index in [4.69, 9.17) is 0 Å². The number of carbonyl (C=O) groups is 1. The van der Waals surface area contributed by atoms with Crippen LogP contribution >= 0.6 is 0 Å². The summed E-state index contributed by atoms with van der Waals surface area (Å²) in [5, 5.41) is 4.24. The van der Waals surface area contributed by atoms with Gasteiger partial charge in [-0.1, -0.05) is 19.1 Å². The van der Waals surface area contributed by atoms with Crippen LogP contribution in [0.5, 0.6) is 0 Å². The summed E-state index contributed by atoms with van der Waals surface area (Å²) in [5.74, 6) is 0.803. The number of aromatic nitrogens is 4. The molecule has 1 aromatic carbocycles. The Balaban J connectivity index is 1.64. The third-order valence-electron chi connectivity index (χ3n) is 4.20. The van der Waals surface area contributed by atoms with Gasteiger partial charge in [0.05, 0.1) is 23.5 Å². The first kappa shape index (κ1) is 14.6. The highest BCUT2D eigenvalue weighted by molar-refractivity contribution is 5.98. The molecule has 4 rings (SSSR count). The fourth-order valence-corrected chi connectivity index (χ4v) is 2.94. The van der Waals surface area contributed by atoms with Crippen LogP contribution in [0.4, 0.5) is 0 Å². The molecule has 0 saturated heterocycles. The fraction of sp³-hybridized carbons (Fsp3) is 0.222. The zero-order valence-electron chi connectivity index (χ0n) is 13.4. The number of fused-ring (bicyclic) bond motifs is 1. The molecule has 0 atom stereocenters. The van der Waals surface area contributed by atoms with E-state index >= 15 is 0 Å². The number of hydrogen-bond acceptors (Lipinski definition) is 4. The average molecular weight is 319 g/mol. The van der Waals surface area contributed by atoms with Crippen molar-refractivity contribution in [2.24, 2.45) is 0 Å². The second-order valence-corrected chi connectivity index (χ2v) is 5.74. The molecule has 0 bridgehead atoms. The van der Waals surface area contributed by atoms with Crippen molar-refractivity contribution in [1.29, 1.82) is 0 Å². The van der Waals surface area contributed by atoms with Gasteiger partial charge in [0.25, 0.3) is 5.91 Å². The second-order valence-electron chi connectivity index (χ2n) is 5.74. The van der Waals surface area contributed by atoms with Gasteiger partial charge in [-0.3, -0.25) is 4.79 Å². The van der Waals surface area contributed by atoms with Gasteiger partial charge in [-0.15, -0.1) is 0 Å². The van der Waals surface area contributed by atoms with Gasteiger partial charge in [0.1, 0.15) is 5.82 Å². The summed E-state index contributed by atoms with van der Waals surface area (Å²) in [4.78, 5) is 23.7. The molecule has 0 N–H and O–H groups in total. The van der Waals surface area contributed by atoms with Crippen LogP contribution in [-0.2, 0) is 19.5 Å². The molecule has 0 unspecified atom stereocenters. The van der Waals surface area contributed by atoms with Crippen molar-refractivity contribution >= 4 is 5.91 Å². The maximum Gasteiger partial charge on any atom is 0.256 e. The fourth-order valence-electron chi connectivity index (χ4n) is 2.94. The molecule has 0 fully saturated rings. The first-order chi connectivity index (χ1) is 11.8. The highest BCUT2D eigenvalue weighted by atomic mass is 16.2. The third-order valence-corrected chi connectivity index (χ3v) is 4.20. The van der Waals surface area contributed by atoms with E-state index in [2.05, 4.69) is 15.1 Å². The quantitative estimate of drug-likeness (QED) is 0.743. The van der Waals surface area contributed by atoms with Crippen LogP contribution < -0.4 is 0 Å². The molecular weight excluding hydrogens is 302 g/mol. The van der Waals surface area contributed by atoms with Crippen molar-refractivity contribution in [2.75, 3.05) is 0 Å². The van der Waals surface area contributed by atoms with Gasteiger partial charge in [-0.05, 0) is 18.2 Å². The number of rotatable bonds is 3. The first-order valence-corrected chi connectivity index (χ1v) is 7.98. The standard InChI is InChI=1S/C18H17N5O/c1-2-17-19-10-13-11-22(12-15(13)21-17)18(24)14-6-3-4-7-16(14)23-9-5-8-20-23/h3-10H,2,11-12H2,1H3. The lowest BCUT2D eigenvalue weighted by Gasteiger charge is -2.17. The zero-order chi connectivity index (χ0) is 16.5. The number of aryl methyl sites for hydroxylation is 1. The van der Waals surface area contributed by atoms with Crippen molar-refractivity contribution < 1.29 is 4.79 Å². The lowest BCUT2D eigenvalue weighted by atomic mass is 10.1. The molecule has 24 heavy (non-hydrogen) atoms. The minimum absolute atomic E-state index is 0.0165. The predicted molar refractivity (Wildman–Crippen MR) is 88.6 cm³/mol. The van der Waals surface area contributed by atoms with Gasteiger partial charge < -0.3 is 4.90 Å². The molecular formula is C18H17N5O. The summed E-state index contributed by atoms with van der Waals surface area (Å²) in [7, 11) is 0. The molecule has 1 amide bonds. The lowest BCUT2D eigenvalue weighted by molar-refractivity contribution is 0.0750. The molecule has 0 spiro atoms. The Kier molecular flexibility index (Phi) is 3.57. The summed E-state index contributed by atoms with van der Waals surface area (Å²) in [6, 6.07) is 9.36. The smallest absolute Gasteiger partial charge is 0.256 e. The van der Waals surface area contributed by atoms with Crippen molar-refractivity contribution in [3.63, 3.8) is 0 Å². The normalized spacial score (nSPS) is 13.1. The molecule has 6 heteroatoms. The zero-order valence-corrected chi connectivity index (χ0v) is 13.4. The van der Waals surface area contributed by atoms with E-state index < -0.39 is 0 Å². The number of amides is 1. The molecule has 0 saturated carbocycles. The number of hydrogen-bond donors (Lipinski definition) is 0. The molecule has 1 aliphatic rings. The van der Waals surface area contributed by atoms with Crippen LogP contribution in [0.15, 0.2) is 48.9 Å². The number of nitrogens with zero attached hydrogens (tertiary/aromatic N) is 5. The molecule has 0 aliphatic carbocycles. The Morgan fingerprint density at radius 2 is 2.08 bits per heavy atom. The Labute approximate surface area is 139 Å². The van der Waals surface area contributed by atoms with Crippen LogP contribution in [0.1, 0.15) is 34.4 Å². The molecule has 0 radical (unpaired) electrons. The Morgan fingerprint density at radius 1 is 1.21 bits per heavy atom. The minimum atomic E-state index is -0.0165. The van der Waals surface area contributed by atoms with Crippen LogP contribution in [0.3, 0.4) is 0 Å². The van der Waals surface area contributed by atoms with Crippen LogP contribution in [0.25, 0.3) is 5.69 Å². The third kappa shape index (κ3) is 2.46. The molecule has 120 valence electrons. The Bertz CT molecular complexity index is 888. The van der Waals surface area contributed by atoms with E-state index in [0.29, 0.717) is 18.7 Å². The number of benzene rings is 1. The van der Waals surface area contributed by atoms with E-state index in [1.165, 1.54) is 0 Å². The van der Waals surface area contributed by atoms with Crippen molar-refractivity contribution in [3.05, 3.63) is 71.6 Å². The van der Waals surface area contributed by atoms with E-state index in [-0.39, 0.29) is 5.91 Å². The summed E-state index contributed by atoms with van der Waals surface area (Å²) in [6.45, 7) is 3.10. The predicted octanol–water partition coefficient (Wildman–Crippen LogP) is 2.38. The largest absolute Gasteiger partial charge is 0.328 e. The highest BCUT2D eigenvalue weighted by Crippen LogP contribution is 2.24. The van der Waals surface area contributed by atoms with Crippen LogP contribution in [0, 0.1) is 0 Å². The van der Waals surface area contributed by atoms with Crippen molar-refractivity contribution in [2.45, 2.75) is 26.4 Å². The summed E-state index contributed by atoms with van der Waals surface area (Å²) >= 11 is 0. The van der Waals surface area contributed by atoms with E-state index in [0.717, 1.165) is 29.2 Å². The Morgan fingerprint density at radius 3 is 2.88 bits per heavy atom. The van der Waals surface area contributed by atoms with Crippen molar-refractivity contribution in [3.8, 4) is 5.69 Å². The molecule has 3 aromatic rings. The van der Waals surface area contributed by atoms with Gasteiger partial charge >= 0.3 is 0 Å². The molecule has 6 nitrogen and oxygen atoms in total. The number of carbonyl (C=O) groups excluding carboxylic acids is 1. The second kappa shape index (κ2) is 5.88.